The number of unbranched alkanes of at least 4 members (excludes halogenated alkanes) is 30. The molecule has 0 atom stereocenters. The van der Waals surface area contributed by atoms with Gasteiger partial charge >= 0.3 is 0 Å². The molecule has 0 unspecified atom stereocenters. The average Bonchev–Trinajstić information content (AvgIpc) is 3.01. The SMILES string of the molecule is CCCCCCCCCCCCC[O-].CCCCCCCCCCCCC[O-].CCCCCCCCCCCCC[O-].[Al]. The van der Waals surface area contributed by atoms with Gasteiger partial charge in [0, 0.05) is 17.4 Å². The first-order valence-corrected chi connectivity index (χ1v) is 19.5. The number of hydrogen-bond donors (Lipinski definition) is 0. The molecule has 4 heteroatoms. The highest BCUT2D eigenvalue weighted by molar-refractivity contribution is 5.75. The van der Waals surface area contributed by atoms with Crippen LogP contribution >= 0.6 is 0 Å². The third-order valence-electron chi connectivity index (χ3n) is 8.24. The van der Waals surface area contributed by atoms with Gasteiger partial charge in [0.25, 0.3) is 0 Å². The van der Waals surface area contributed by atoms with Gasteiger partial charge in [-0.05, 0) is 0 Å². The molecule has 0 heterocycles. The van der Waals surface area contributed by atoms with E-state index in [1.54, 1.807) is 0 Å². The summed E-state index contributed by atoms with van der Waals surface area (Å²) in [5.74, 6) is 0. The van der Waals surface area contributed by atoms with E-state index in [1.807, 2.05) is 0 Å². The van der Waals surface area contributed by atoms with Crippen LogP contribution in [0.3, 0.4) is 0 Å². The summed E-state index contributed by atoms with van der Waals surface area (Å²) < 4.78 is 0. The third kappa shape index (κ3) is 62.0. The van der Waals surface area contributed by atoms with Gasteiger partial charge < -0.3 is 15.3 Å². The Balaban J connectivity index is -0.000000262. The number of rotatable bonds is 33. The lowest BCUT2D eigenvalue weighted by Crippen LogP contribution is -2.04. The quantitative estimate of drug-likeness (QED) is 0.0539. The Hall–Kier alpha value is 0.412. The molecule has 0 bridgehead atoms. The lowest BCUT2D eigenvalue weighted by Gasteiger charge is -2.03. The van der Waals surface area contributed by atoms with Gasteiger partial charge in [0.05, 0.1) is 0 Å². The number of hydrogen-bond acceptors (Lipinski definition) is 3. The van der Waals surface area contributed by atoms with Crippen molar-refractivity contribution in [3.8, 4) is 0 Å². The van der Waals surface area contributed by atoms with Crippen LogP contribution in [-0.2, 0) is 0 Å². The normalized spacial score (nSPS) is 10.5. The molecule has 43 heavy (non-hydrogen) atoms. The van der Waals surface area contributed by atoms with Crippen LogP contribution in [0.4, 0.5) is 0 Å². The smallest absolute Gasteiger partial charge is 0 e. The highest BCUT2D eigenvalue weighted by Gasteiger charge is 1.93. The zero-order chi connectivity index (χ0) is 31.5. The van der Waals surface area contributed by atoms with Gasteiger partial charge in [-0.3, -0.25) is 0 Å². The lowest BCUT2D eigenvalue weighted by atomic mass is 10.1. The Morgan fingerprint density at radius 2 is 0.326 bits per heavy atom. The minimum atomic E-state index is 0. The minimum absolute atomic E-state index is 0. The maximum atomic E-state index is 10.2. The third-order valence-corrected chi connectivity index (χ3v) is 8.24. The van der Waals surface area contributed by atoms with Gasteiger partial charge in [-0.25, -0.2) is 0 Å². The lowest BCUT2D eigenvalue weighted by molar-refractivity contribution is -0.368. The Kier molecular flexibility index (Phi) is 64.1. The van der Waals surface area contributed by atoms with Crippen molar-refractivity contribution in [2.45, 2.75) is 233 Å². The Morgan fingerprint density at radius 3 is 0.442 bits per heavy atom. The van der Waals surface area contributed by atoms with E-state index in [0.29, 0.717) is 0 Å². The van der Waals surface area contributed by atoms with Crippen molar-refractivity contribution < 1.29 is 15.3 Å². The van der Waals surface area contributed by atoms with Crippen LogP contribution in [0.5, 0.6) is 0 Å². The van der Waals surface area contributed by atoms with Crippen LogP contribution in [-0.4, -0.2) is 37.2 Å². The summed E-state index contributed by atoms with van der Waals surface area (Å²) in [6, 6.07) is 0. The van der Waals surface area contributed by atoms with Gasteiger partial charge in [-0.1, -0.05) is 233 Å². The Bertz CT molecular complexity index is 302. The second-order valence-electron chi connectivity index (χ2n) is 12.7. The van der Waals surface area contributed by atoms with Crippen LogP contribution in [0.1, 0.15) is 233 Å². The van der Waals surface area contributed by atoms with E-state index < -0.39 is 0 Å². The van der Waals surface area contributed by atoms with E-state index in [1.165, 1.54) is 173 Å². The molecule has 0 fully saturated rings. The highest BCUT2D eigenvalue weighted by atomic mass is 27.0. The Morgan fingerprint density at radius 1 is 0.209 bits per heavy atom. The summed E-state index contributed by atoms with van der Waals surface area (Å²) in [4.78, 5) is 0. The van der Waals surface area contributed by atoms with E-state index in [4.69, 9.17) is 0 Å². The zero-order valence-electron chi connectivity index (χ0n) is 30.3. The standard InChI is InChI=1S/3C13H27O.Al/c3*1-2-3-4-5-6-7-8-9-10-11-12-13-14;/h3*2-13H2,1H3;/q3*-1;. The van der Waals surface area contributed by atoms with Gasteiger partial charge in [-0.15, -0.1) is 19.8 Å². The van der Waals surface area contributed by atoms with Crippen molar-refractivity contribution in [2.24, 2.45) is 0 Å². The highest BCUT2D eigenvalue weighted by Crippen LogP contribution is 2.13. The second kappa shape index (κ2) is 54.9. The van der Waals surface area contributed by atoms with E-state index in [-0.39, 0.29) is 37.2 Å². The van der Waals surface area contributed by atoms with Crippen molar-refractivity contribution in [1.29, 1.82) is 0 Å². The molecule has 0 N–H and O–H groups in total. The molecule has 0 aromatic rings. The predicted octanol–water partition coefficient (Wildman–Crippen LogP) is 10.6. The molecule has 3 nitrogen and oxygen atoms in total. The zero-order valence-corrected chi connectivity index (χ0v) is 31.4. The van der Waals surface area contributed by atoms with E-state index in [0.717, 1.165) is 38.5 Å². The molecular weight excluding hydrogens is 543 g/mol. The summed E-state index contributed by atoms with van der Waals surface area (Å²) in [5, 5.41) is 30.5. The van der Waals surface area contributed by atoms with Gasteiger partial charge in [0.2, 0.25) is 0 Å². The van der Waals surface area contributed by atoms with E-state index >= 15 is 0 Å². The van der Waals surface area contributed by atoms with Crippen molar-refractivity contribution in [2.75, 3.05) is 19.8 Å². The van der Waals surface area contributed by atoms with E-state index in [9.17, 15) is 15.3 Å². The summed E-state index contributed by atoms with van der Waals surface area (Å²) in [6.45, 7) is 7.15. The fourth-order valence-electron chi connectivity index (χ4n) is 5.30. The monoisotopic (exact) mass is 625 g/mol. The largest absolute Gasteiger partial charge is 0.854 e. The molecule has 0 aromatic heterocycles. The fourth-order valence-corrected chi connectivity index (χ4v) is 5.30. The Labute approximate surface area is 284 Å². The predicted molar refractivity (Wildman–Crippen MR) is 190 cm³/mol. The van der Waals surface area contributed by atoms with E-state index in [2.05, 4.69) is 20.8 Å². The molecule has 0 amide bonds. The maximum Gasteiger partial charge on any atom is 0 e. The summed E-state index contributed by atoms with van der Waals surface area (Å²) in [5.41, 5.74) is 0. The van der Waals surface area contributed by atoms with Crippen molar-refractivity contribution >= 4 is 17.4 Å². The first-order valence-electron chi connectivity index (χ1n) is 19.5. The first kappa shape index (κ1) is 50.3. The van der Waals surface area contributed by atoms with Crippen molar-refractivity contribution in [1.82, 2.24) is 0 Å². The van der Waals surface area contributed by atoms with Crippen molar-refractivity contribution in [3.05, 3.63) is 0 Å². The average molecular weight is 625 g/mol. The second-order valence-corrected chi connectivity index (χ2v) is 12.7. The van der Waals surface area contributed by atoms with Gasteiger partial charge in [0.15, 0.2) is 0 Å². The van der Waals surface area contributed by atoms with Crippen LogP contribution in [0.15, 0.2) is 0 Å². The minimum Gasteiger partial charge on any atom is -0.854 e. The summed E-state index contributed by atoms with van der Waals surface area (Å²) in [6.07, 6.45) is 43.4. The van der Waals surface area contributed by atoms with Gasteiger partial charge in [0.1, 0.15) is 0 Å². The summed E-state index contributed by atoms with van der Waals surface area (Å²) >= 11 is 0. The topological polar surface area (TPSA) is 69.2 Å². The first-order chi connectivity index (χ1) is 20.7. The molecule has 3 radical (unpaired) electrons. The molecular formula is C39H81AlO3-3. The van der Waals surface area contributed by atoms with Crippen LogP contribution in [0.25, 0.3) is 0 Å². The molecule has 0 aromatic carbocycles. The maximum absolute atomic E-state index is 10.2. The molecule has 0 rings (SSSR count). The van der Waals surface area contributed by atoms with Crippen LogP contribution in [0, 0.1) is 0 Å². The fraction of sp³-hybridized carbons (Fsp3) is 1.00. The van der Waals surface area contributed by atoms with Crippen molar-refractivity contribution in [3.63, 3.8) is 0 Å². The van der Waals surface area contributed by atoms with Crippen LogP contribution < -0.4 is 15.3 Å². The molecule has 0 spiro atoms. The van der Waals surface area contributed by atoms with Gasteiger partial charge in [-0.2, -0.15) is 0 Å². The summed E-state index contributed by atoms with van der Waals surface area (Å²) in [7, 11) is 0. The van der Waals surface area contributed by atoms with Crippen LogP contribution in [0.2, 0.25) is 0 Å². The molecule has 261 valence electrons. The molecule has 0 aliphatic heterocycles. The molecule has 0 saturated heterocycles. The molecule has 0 aliphatic carbocycles. The molecule has 0 saturated carbocycles. The molecule has 0 aliphatic rings.